The summed E-state index contributed by atoms with van der Waals surface area (Å²) in [7, 11) is 0. The van der Waals surface area contributed by atoms with Crippen molar-refractivity contribution >= 4 is 17.6 Å². The van der Waals surface area contributed by atoms with Crippen molar-refractivity contribution in [3.8, 4) is 0 Å². The van der Waals surface area contributed by atoms with Gasteiger partial charge in [-0.3, -0.25) is 4.79 Å². The zero-order valence-electron chi connectivity index (χ0n) is 9.24. The van der Waals surface area contributed by atoms with Crippen LogP contribution in [-0.4, -0.2) is 17.6 Å². The Morgan fingerprint density at radius 2 is 2.31 bits per heavy atom. The molecular weight excluding hydrogens is 226 g/mol. The number of rotatable bonds is 6. The molecule has 1 aromatic carbocycles. The molecule has 0 heterocycles. The third kappa shape index (κ3) is 4.64. The zero-order valence-corrected chi connectivity index (χ0v) is 10.00. The van der Waals surface area contributed by atoms with Crippen LogP contribution in [0.3, 0.4) is 0 Å². The number of aliphatic carboxylic acids is 1. The van der Waals surface area contributed by atoms with E-state index in [1.165, 1.54) is 0 Å². The van der Waals surface area contributed by atoms with Crippen LogP contribution in [0.2, 0.25) is 5.02 Å². The van der Waals surface area contributed by atoms with E-state index in [9.17, 15) is 4.79 Å². The first-order chi connectivity index (χ1) is 7.59. The first-order valence-corrected chi connectivity index (χ1v) is 5.68. The molecule has 0 unspecified atom stereocenters. The van der Waals surface area contributed by atoms with Crippen LogP contribution in [0, 0.1) is 0 Å². The highest BCUT2D eigenvalue weighted by molar-refractivity contribution is 6.30. The SMILES string of the molecule is C[C@H](NCCCC(=O)O)c1cccc(Cl)c1. The van der Waals surface area contributed by atoms with E-state index in [4.69, 9.17) is 16.7 Å². The van der Waals surface area contributed by atoms with Gasteiger partial charge in [-0.25, -0.2) is 0 Å². The molecule has 0 spiro atoms. The molecule has 16 heavy (non-hydrogen) atoms. The van der Waals surface area contributed by atoms with Crippen molar-refractivity contribution in [2.24, 2.45) is 0 Å². The van der Waals surface area contributed by atoms with Crippen molar-refractivity contribution in [3.05, 3.63) is 34.9 Å². The lowest BCUT2D eigenvalue weighted by Crippen LogP contribution is -2.20. The van der Waals surface area contributed by atoms with Crippen LogP contribution < -0.4 is 5.32 Å². The lowest BCUT2D eigenvalue weighted by atomic mass is 10.1. The van der Waals surface area contributed by atoms with E-state index in [0.29, 0.717) is 13.0 Å². The normalized spacial score (nSPS) is 12.4. The zero-order chi connectivity index (χ0) is 12.0. The standard InChI is InChI=1S/C12H16ClNO2/c1-9(14-7-3-6-12(15)16)10-4-2-5-11(13)8-10/h2,4-5,8-9,14H,3,6-7H2,1H3,(H,15,16)/t9-/m0/s1. The quantitative estimate of drug-likeness (QED) is 0.753. The minimum atomic E-state index is -0.753. The second kappa shape index (κ2) is 6.51. The van der Waals surface area contributed by atoms with Gasteiger partial charge in [0.2, 0.25) is 0 Å². The third-order valence-corrected chi connectivity index (χ3v) is 2.60. The van der Waals surface area contributed by atoms with Gasteiger partial charge >= 0.3 is 5.97 Å². The number of hydrogen-bond donors (Lipinski definition) is 2. The van der Waals surface area contributed by atoms with Crippen molar-refractivity contribution < 1.29 is 9.90 Å². The summed E-state index contributed by atoms with van der Waals surface area (Å²) in [6.07, 6.45) is 0.843. The maximum Gasteiger partial charge on any atom is 0.303 e. The number of carbonyl (C=O) groups is 1. The highest BCUT2D eigenvalue weighted by Gasteiger charge is 2.05. The lowest BCUT2D eigenvalue weighted by molar-refractivity contribution is -0.137. The average molecular weight is 242 g/mol. The van der Waals surface area contributed by atoms with Crippen molar-refractivity contribution in [3.63, 3.8) is 0 Å². The maximum absolute atomic E-state index is 10.3. The van der Waals surface area contributed by atoms with E-state index in [-0.39, 0.29) is 12.5 Å². The molecule has 88 valence electrons. The topological polar surface area (TPSA) is 49.3 Å². The molecule has 0 aliphatic carbocycles. The van der Waals surface area contributed by atoms with Crippen LogP contribution in [0.4, 0.5) is 0 Å². The second-order valence-electron chi connectivity index (χ2n) is 3.73. The number of halogens is 1. The third-order valence-electron chi connectivity index (χ3n) is 2.37. The fraction of sp³-hybridized carbons (Fsp3) is 0.417. The molecule has 0 radical (unpaired) electrons. The van der Waals surface area contributed by atoms with Gasteiger partial charge in [0, 0.05) is 17.5 Å². The summed E-state index contributed by atoms with van der Waals surface area (Å²) in [4.78, 5) is 10.3. The Kier molecular flexibility index (Phi) is 5.29. The van der Waals surface area contributed by atoms with Gasteiger partial charge in [-0.05, 0) is 37.6 Å². The van der Waals surface area contributed by atoms with Crippen molar-refractivity contribution in [1.82, 2.24) is 5.32 Å². The van der Waals surface area contributed by atoms with Crippen molar-refractivity contribution in [2.45, 2.75) is 25.8 Å². The first kappa shape index (κ1) is 13.0. The van der Waals surface area contributed by atoms with Crippen LogP contribution >= 0.6 is 11.6 Å². The Labute approximate surface area is 100 Å². The average Bonchev–Trinajstić information content (AvgIpc) is 2.24. The minimum Gasteiger partial charge on any atom is -0.481 e. The molecule has 0 aliphatic rings. The summed E-state index contributed by atoms with van der Waals surface area (Å²) in [5.41, 5.74) is 1.11. The van der Waals surface area contributed by atoms with Crippen molar-refractivity contribution in [1.29, 1.82) is 0 Å². The number of nitrogens with one attached hydrogen (secondary N) is 1. The van der Waals surface area contributed by atoms with Crippen molar-refractivity contribution in [2.75, 3.05) is 6.54 Å². The van der Waals surface area contributed by atoms with Crippen LogP contribution in [-0.2, 0) is 4.79 Å². The Morgan fingerprint density at radius 3 is 2.94 bits per heavy atom. The highest BCUT2D eigenvalue weighted by atomic mass is 35.5. The van der Waals surface area contributed by atoms with E-state index < -0.39 is 5.97 Å². The minimum absolute atomic E-state index is 0.187. The number of hydrogen-bond acceptors (Lipinski definition) is 2. The largest absolute Gasteiger partial charge is 0.481 e. The lowest BCUT2D eigenvalue weighted by Gasteiger charge is -2.13. The molecule has 0 amide bonds. The molecule has 1 rings (SSSR count). The van der Waals surface area contributed by atoms with Gasteiger partial charge in [0.25, 0.3) is 0 Å². The number of carboxylic acid groups (broad SMARTS) is 1. The van der Waals surface area contributed by atoms with Crippen LogP contribution in [0.25, 0.3) is 0 Å². The fourth-order valence-corrected chi connectivity index (χ4v) is 1.65. The molecule has 0 saturated heterocycles. The monoisotopic (exact) mass is 241 g/mol. The smallest absolute Gasteiger partial charge is 0.303 e. The van der Waals surface area contributed by atoms with Gasteiger partial charge in [0.15, 0.2) is 0 Å². The second-order valence-corrected chi connectivity index (χ2v) is 4.16. The van der Waals surface area contributed by atoms with E-state index in [2.05, 4.69) is 5.32 Å². The molecule has 0 fully saturated rings. The summed E-state index contributed by atoms with van der Waals surface area (Å²) in [6.45, 7) is 2.73. The molecule has 0 saturated carbocycles. The van der Waals surface area contributed by atoms with E-state index in [0.717, 1.165) is 10.6 Å². The van der Waals surface area contributed by atoms with Gasteiger partial charge in [0.05, 0.1) is 0 Å². The fourth-order valence-electron chi connectivity index (χ4n) is 1.45. The van der Waals surface area contributed by atoms with Gasteiger partial charge in [-0.15, -0.1) is 0 Å². The first-order valence-electron chi connectivity index (χ1n) is 5.30. The summed E-state index contributed by atoms with van der Waals surface area (Å²) < 4.78 is 0. The molecule has 0 aromatic heterocycles. The highest BCUT2D eigenvalue weighted by Crippen LogP contribution is 2.17. The van der Waals surface area contributed by atoms with Gasteiger partial charge in [-0.2, -0.15) is 0 Å². The van der Waals surface area contributed by atoms with Crippen LogP contribution in [0.5, 0.6) is 0 Å². The molecule has 2 N–H and O–H groups in total. The molecule has 1 aromatic rings. The van der Waals surface area contributed by atoms with E-state index >= 15 is 0 Å². The van der Waals surface area contributed by atoms with E-state index in [1.807, 2.05) is 31.2 Å². The maximum atomic E-state index is 10.3. The Bertz CT molecular complexity index is 355. The number of benzene rings is 1. The predicted octanol–water partition coefficient (Wildman–Crippen LogP) is 2.86. The molecule has 3 nitrogen and oxygen atoms in total. The Balaban J connectivity index is 2.35. The Morgan fingerprint density at radius 1 is 1.56 bits per heavy atom. The molecule has 4 heteroatoms. The molecule has 0 aliphatic heterocycles. The van der Waals surface area contributed by atoms with Gasteiger partial charge in [0.1, 0.15) is 0 Å². The number of carboxylic acids is 1. The van der Waals surface area contributed by atoms with E-state index in [1.54, 1.807) is 0 Å². The summed E-state index contributed by atoms with van der Waals surface area (Å²) in [6, 6.07) is 7.85. The molecule has 0 bridgehead atoms. The summed E-state index contributed by atoms with van der Waals surface area (Å²) >= 11 is 5.89. The van der Waals surface area contributed by atoms with Crippen LogP contribution in [0.15, 0.2) is 24.3 Å². The summed E-state index contributed by atoms with van der Waals surface area (Å²) in [5, 5.41) is 12.5. The van der Waals surface area contributed by atoms with Gasteiger partial charge < -0.3 is 10.4 Å². The van der Waals surface area contributed by atoms with Crippen LogP contribution in [0.1, 0.15) is 31.4 Å². The van der Waals surface area contributed by atoms with Gasteiger partial charge in [-0.1, -0.05) is 23.7 Å². The predicted molar refractivity (Wildman–Crippen MR) is 64.7 cm³/mol. The Hall–Kier alpha value is -1.06. The summed E-state index contributed by atoms with van der Waals surface area (Å²) in [5.74, 6) is -0.753. The molecule has 1 atom stereocenters. The molecular formula is C12H16ClNO2.